The third-order valence-electron chi connectivity index (χ3n) is 2.94. The van der Waals surface area contributed by atoms with Gasteiger partial charge in [-0.1, -0.05) is 12.1 Å². The zero-order valence-electron chi connectivity index (χ0n) is 12.7. The molecule has 2 rings (SSSR count). The van der Waals surface area contributed by atoms with Gasteiger partial charge < -0.3 is 5.73 Å². The zero-order valence-corrected chi connectivity index (χ0v) is 13.5. The van der Waals surface area contributed by atoms with Crippen LogP contribution in [0.3, 0.4) is 0 Å². The second-order valence-electron chi connectivity index (χ2n) is 4.71. The molecule has 2 aromatic carbocycles. The molecule has 25 heavy (non-hydrogen) atoms. The molecule has 0 fully saturated rings. The number of para-hydroxylation sites is 1. The van der Waals surface area contributed by atoms with Crippen LogP contribution >= 0.6 is 0 Å². The van der Waals surface area contributed by atoms with Gasteiger partial charge in [0.05, 0.1) is 16.3 Å². The van der Waals surface area contributed by atoms with E-state index in [9.17, 15) is 12.8 Å². The summed E-state index contributed by atoms with van der Waals surface area (Å²) in [5, 5.41) is 19.5. The third kappa shape index (κ3) is 4.52. The summed E-state index contributed by atoms with van der Waals surface area (Å²) in [6.07, 6.45) is 0. The third-order valence-corrected chi connectivity index (χ3v) is 4.32. The van der Waals surface area contributed by atoms with E-state index in [2.05, 4.69) is 15.2 Å². The number of hydrogen-bond acceptors (Lipinski definition) is 6. The van der Waals surface area contributed by atoms with E-state index in [1.165, 1.54) is 42.5 Å². The van der Waals surface area contributed by atoms with Crippen molar-refractivity contribution in [1.82, 2.24) is 0 Å². The summed E-state index contributed by atoms with van der Waals surface area (Å²) in [6, 6.07) is 12.4. The number of hydrazone groups is 1. The van der Waals surface area contributed by atoms with E-state index in [4.69, 9.17) is 16.4 Å². The number of amidine groups is 1. The Morgan fingerprint density at radius 2 is 1.84 bits per heavy atom. The van der Waals surface area contributed by atoms with Crippen molar-refractivity contribution in [3.05, 3.63) is 54.3 Å². The van der Waals surface area contributed by atoms with Gasteiger partial charge >= 0.3 is 0 Å². The molecule has 0 aliphatic rings. The number of nitrogens with one attached hydrogen (secondary N) is 3. The Balaban J connectivity index is 2.18. The summed E-state index contributed by atoms with van der Waals surface area (Å²) in [5.41, 5.74) is 7.54. The fourth-order valence-electron chi connectivity index (χ4n) is 1.72. The van der Waals surface area contributed by atoms with E-state index >= 15 is 0 Å². The van der Waals surface area contributed by atoms with Crippen molar-refractivity contribution < 1.29 is 12.8 Å². The molecule has 128 valence electrons. The lowest BCUT2D eigenvalue weighted by atomic mass is 10.3. The Morgan fingerprint density at radius 1 is 1.20 bits per heavy atom. The fraction of sp³-hybridized carbons (Fsp3) is 0. The van der Waals surface area contributed by atoms with Gasteiger partial charge in [-0.3, -0.25) is 15.6 Å². The van der Waals surface area contributed by atoms with Crippen molar-refractivity contribution in [2.45, 2.75) is 4.90 Å². The molecule has 0 unspecified atom stereocenters. The maximum atomic E-state index is 13.6. The molecule has 0 atom stereocenters. The first kappa shape index (κ1) is 17.9. The molecule has 0 saturated heterocycles. The molecule has 0 amide bonds. The molecule has 0 aliphatic carbocycles. The highest BCUT2D eigenvalue weighted by molar-refractivity contribution is 7.92. The van der Waals surface area contributed by atoms with Gasteiger partial charge in [-0.15, -0.1) is 0 Å². The van der Waals surface area contributed by atoms with Gasteiger partial charge in [0, 0.05) is 0 Å². The van der Waals surface area contributed by atoms with Crippen LogP contribution in [0.1, 0.15) is 0 Å². The van der Waals surface area contributed by atoms with Gasteiger partial charge in [0.2, 0.25) is 5.71 Å². The van der Waals surface area contributed by atoms with Gasteiger partial charge in [0.1, 0.15) is 11.9 Å². The summed E-state index contributed by atoms with van der Waals surface area (Å²) in [7, 11) is -3.96. The van der Waals surface area contributed by atoms with E-state index in [1.807, 2.05) is 0 Å². The average Bonchev–Trinajstić information content (AvgIpc) is 2.57. The minimum Gasteiger partial charge on any atom is -0.382 e. The molecule has 0 bridgehead atoms. The van der Waals surface area contributed by atoms with Gasteiger partial charge in [0.25, 0.3) is 10.0 Å². The largest absolute Gasteiger partial charge is 0.382 e. The molecule has 0 spiro atoms. The summed E-state index contributed by atoms with van der Waals surface area (Å²) < 4.78 is 40.2. The number of benzene rings is 2. The van der Waals surface area contributed by atoms with Crippen molar-refractivity contribution in [2.24, 2.45) is 10.8 Å². The number of nitriles is 1. The average molecular weight is 360 g/mol. The van der Waals surface area contributed by atoms with Crippen molar-refractivity contribution >= 4 is 32.9 Å². The monoisotopic (exact) mass is 360 g/mol. The molecule has 10 heteroatoms. The normalized spacial score (nSPS) is 11.4. The van der Waals surface area contributed by atoms with Gasteiger partial charge in [-0.05, 0) is 36.4 Å². The number of halogens is 1. The minimum atomic E-state index is -3.96. The predicted octanol–water partition coefficient (Wildman–Crippen LogP) is 1.85. The van der Waals surface area contributed by atoms with E-state index in [-0.39, 0.29) is 16.3 Å². The van der Waals surface area contributed by atoms with Crippen molar-refractivity contribution in [3.8, 4) is 6.07 Å². The maximum Gasteiger partial charge on any atom is 0.261 e. The van der Waals surface area contributed by atoms with Gasteiger partial charge in [-0.2, -0.15) is 10.4 Å². The van der Waals surface area contributed by atoms with Crippen LogP contribution in [0.2, 0.25) is 0 Å². The fourth-order valence-corrected chi connectivity index (χ4v) is 2.79. The van der Waals surface area contributed by atoms with Crippen LogP contribution in [0.25, 0.3) is 0 Å². The highest BCUT2D eigenvalue weighted by Crippen LogP contribution is 2.20. The van der Waals surface area contributed by atoms with Gasteiger partial charge in [-0.25, -0.2) is 12.8 Å². The molecular weight excluding hydrogens is 347 g/mol. The van der Waals surface area contributed by atoms with Crippen LogP contribution in [0.4, 0.5) is 15.8 Å². The SMILES string of the molecule is N#C/C(=N\Nc1ccc(S(=O)(=O)Nc2ccccc2F)cc1)C(=N)N. The van der Waals surface area contributed by atoms with Crippen molar-refractivity contribution in [2.75, 3.05) is 10.1 Å². The molecule has 0 heterocycles. The Bertz CT molecular complexity index is 964. The molecule has 0 radical (unpaired) electrons. The first-order valence-electron chi connectivity index (χ1n) is 6.79. The quantitative estimate of drug-likeness (QED) is 0.353. The Kier molecular flexibility index (Phi) is 5.31. The van der Waals surface area contributed by atoms with Crippen LogP contribution in [0.15, 0.2) is 58.5 Å². The lowest BCUT2D eigenvalue weighted by Gasteiger charge is -2.09. The van der Waals surface area contributed by atoms with Crippen LogP contribution in [0.5, 0.6) is 0 Å². The molecule has 0 aliphatic heterocycles. The topological polar surface area (TPSA) is 144 Å². The van der Waals surface area contributed by atoms with E-state index < -0.39 is 21.7 Å². The smallest absolute Gasteiger partial charge is 0.261 e. The zero-order chi connectivity index (χ0) is 18.4. The van der Waals surface area contributed by atoms with E-state index in [0.29, 0.717) is 5.69 Å². The first-order chi connectivity index (χ1) is 11.8. The standard InChI is InChI=1S/C15H13FN6O2S/c16-12-3-1-2-4-13(12)22-25(23,24)11-7-5-10(6-8-11)20-21-14(9-17)15(18)19/h1-8,20,22H,(H3,18,19)/b21-14+. The van der Waals surface area contributed by atoms with E-state index in [0.717, 1.165) is 6.07 Å². The molecule has 5 N–H and O–H groups in total. The van der Waals surface area contributed by atoms with Crippen LogP contribution in [-0.2, 0) is 10.0 Å². The first-order valence-corrected chi connectivity index (χ1v) is 8.27. The number of sulfonamides is 1. The van der Waals surface area contributed by atoms with Crippen LogP contribution < -0.4 is 15.9 Å². The number of nitrogens with zero attached hydrogens (tertiary/aromatic N) is 2. The lowest BCUT2D eigenvalue weighted by Crippen LogP contribution is -2.21. The van der Waals surface area contributed by atoms with Crippen LogP contribution in [0, 0.1) is 22.6 Å². The predicted molar refractivity (Wildman–Crippen MR) is 92.2 cm³/mol. The Morgan fingerprint density at radius 3 is 2.40 bits per heavy atom. The van der Waals surface area contributed by atoms with Crippen molar-refractivity contribution in [3.63, 3.8) is 0 Å². The summed E-state index contributed by atoms with van der Waals surface area (Å²) in [6.45, 7) is 0. The summed E-state index contributed by atoms with van der Waals surface area (Å²) in [5.74, 6) is -1.18. The molecule has 0 aromatic heterocycles. The highest BCUT2D eigenvalue weighted by Gasteiger charge is 2.15. The van der Waals surface area contributed by atoms with E-state index in [1.54, 1.807) is 6.07 Å². The number of nitrogens with two attached hydrogens (primary N) is 1. The van der Waals surface area contributed by atoms with Crippen LogP contribution in [-0.4, -0.2) is 20.0 Å². The molecule has 2 aromatic rings. The summed E-state index contributed by atoms with van der Waals surface area (Å²) in [4.78, 5) is -0.0858. The second kappa shape index (κ2) is 7.41. The van der Waals surface area contributed by atoms with Gasteiger partial charge in [0.15, 0.2) is 5.84 Å². The van der Waals surface area contributed by atoms with Crippen molar-refractivity contribution in [1.29, 1.82) is 10.7 Å². The number of hydrogen-bond donors (Lipinski definition) is 4. The molecular formula is C15H13FN6O2S. The number of rotatable bonds is 6. The molecule has 8 nitrogen and oxygen atoms in total. The maximum absolute atomic E-state index is 13.6. The number of anilines is 2. The molecule has 0 saturated carbocycles. The highest BCUT2D eigenvalue weighted by atomic mass is 32.2. The minimum absolute atomic E-state index is 0.0858. The Hall–Kier alpha value is -3.45. The Labute approximate surface area is 143 Å². The lowest BCUT2D eigenvalue weighted by molar-refractivity contribution is 0.598. The summed E-state index contributed by atoms with van der Waals surface area (Å²) >= 11 is 0. The second-order valence-corrected chi connectivity index (χ2v) is 6.39.